The summed E-state index contributed by atoms with van der Waals surface area (Å²) in [6.45, 7) is 6.90. The van der Waals surface area contributed by atoms with Gasteiger partial charge in [-0.2, -0.15) is 0 Å². The summed E-state index contributed by atoms with van der Waals surface area (Å²) >= 11 is 0. The number of rotatable bonds is 9. The highest BCUT2D eigenvalue weighted by molar-refractivity contribution is 5.96. The van der Waals surface area contributed by atoms with Crippen LogP contribution >= 0.6 is 0 Å². The second-order valence-corrected chi connectivity index (χ2v) is 9.27. The molecule has 0 heterocycles. The van der Waals surface area contributed by atoms with Gasteiger partial charge >= 0.3 is 5.97 Å². The summed E-state index contributed by atoms with van der Waals surface area (Å²) in [6.07, 6.45) is 1.62. The normalized spacial score (nSPS) is 10.9. The Hall–Kier alpha value is -3.99. The molecule has 0 saturated heterocycles. The van der Waals surface area contributed by atoms with Gasteiger partial charge in [0.25, 0.3) is 0 Å². The molecule has 0 unspecified atom stereocenters. The summed E-state index contributed by atoms with van der Waals surface area (Å²) in [5.41, 5.74) is 7.54. The number of aromatic carboxylic acids is 1. The van der Waals surface area contributed by atoms with Crippen LogP contribution in [-0.2, 0) is 25.9 Å². The molecular formula is C32H31F2NO2. The lowest BCUT2D eigenvalue weighted by atomic mass is 9.93. The Kier molecular flexibility index (Phi) is 8.02. The van der Waals surface area contributed by atoms with Gasteiger partial charge in [0.2, 0.25) is 0 Å². The number of nitrogens with zero attached hydrogens (tertiary/aromatic N) is 1. The van der Waals surface area contributed by atoms with E-state index in [1.807, 2.05) is 49.4 Å². The first kappa shape index (κ1) is 26.1. The first-order valence-electron chi connectivity index (χ1n) is 12.5. The van der Waals surface area contributed by atoms with Crippen molar-refractivity contribution < 1.29 is 18.7 Å². The van der Waals surface area contributed by atoms with Gasteiger partial charge in [-0.05, 0) is 83.0 Å². The molecule has 0 bridgehead atoms. The van der Waals surface area contributed by atoms with Crippen LogP contribution in [0.15, 0.2) is 78.9 Å². The molecular weight excluding hydrogens is 468 g/mol. The topological polar surface area (TPSA) is 40.5 Å². The SMILES string of the molecule is CCc1cccc(CC)c1N(Cc1cc(F)cc(F)c1)Cc1ccc(C(=O)O)c(-c2ccccc2C)c1. The molecule has 0 amide bonds. The lowest BCUT2D eigenvalue weighted by molar-refractivity contribution is 0.0697. The number of carboxylic acid groups (broad SMARTS) is 1. The number of anilines is 1. The fourth-order valence-corrected chi connectivity index (χ4v) is 4.95. The molecule has 5 heteroatoms. The van der Waals surface area contributed by atoms with E-state index in [9.17, 15) is 18.7 Å². The number of carboxylic acids is 1. The second-order valence-electron chi connectivity index (χ2n) is 9.27. The molecule has 0 radical (unpaired) electrons. The largest absolute Gasteiger partial charge is 0.478 e. The van der Waals surface area contributed by atoms with Crippen LogP contribution in [0.2, 0.25) is 0 Å². The zero-order valence-corrected chi connectivity index (χ0v) is 21.4. The van der Waals surface area contributed by atoms with Gasteiger partial charge in [-0.25, -0.2) is 13.6 Å². The van der Waals surface area contributed by atoms with Crippen molar-refractivity contribution in [3.63, 3.8) is 0 Å². The minimum Gasteiger partial charge on any atom is -0.478 e. The monoisotopic (exact) mass is 499 g/mol. The Morgan fingerprint density at radius 1 is 0.757 bits per heavy atom. The van der Waals surface area contributed by atoms with Gasteiger partial charge in [-0.3, -0.25) is 0 Å². The predicted molar refractivity (Wildman–Crippen MR) is 145 cm³/mol. The lowest BCUT2D eigenvalue weighted by Gasteiger charge is -2.30. The standard InChI is InChI=1S/C32H31F2NO2/c1-4-24-10-8-11-25(5-2)31(24)35(20-23-15-26(33)18-27(34)16-23)19-22-13-14-29(32(36)37)30(17-22)28-12-7-6-9-21(28)3/h6-18H,4-5,19-20H2,1-3H3,(H,36,37). The molecule has 0 aliphatic heterocycles. The van der Waals surface area contributed by atoms with E-state index >= 15 is 0 Å². The van der Waals surface area contributed by atoms with Crippen molar-refractivity contribution in [2.75, 3.05) is 4.90 Å². The van der Waals surface area contributed by atoms with Crippen LogP contribution < -0.4 is 4.90 Å². The van der Waals surface area contributed by atoms with E-state index in [1.54, 1.807) is 6.07 Å². The predicted octanol–water partition coefficient (Wildman–Crippen LogP) is 7.97. The van der Waals surface area contributed by atoms with Crippen LogP contribution in [0.5, 0.6) is 0 Å². The van der Waals surface area contributed by atoms with Crippen molar-refractivity contribution in [2.45, 2.75) is 46.7 Å². The molecule has 190 valence electrons. The fraction of sp³-hybridized carbons (Fsp3) is 0.219. The summed E-state index contributed by atoms with van der Waals surface area (Å²) in [4.78, 5) is 14.2. The number of hydrogen-bond acceptors (Lipinski definition) is 2. The molecule has 0 atom stereocenters. The van der Waals surface area contributed by atoms with E-state index in [-0.39, 0.29) is 5.56 Å². The summed E-state index contributed by atoms with van der Waals surface area (Å²) in [6, 6.07) is 22.9. The van der Waals surface area contributed by atoms with Gasteiger partial charge in [0, 0.05) is 24.8 Å². The van der Waals surface area contributed by atoms with Crippen LogP contribution in [0.1, 0.15) is 52.0 Å². The second kappa shape index (κ2) is 11.4. The van der Waals surface area contributed by atoms with Crippen molar-refractivity contribution in [2.24, 2.45) is 0 Å². The van der Waals surface area contributed by atoms with Crippen LogP contribution in [-0.4, -0.2) is 11.1 Å². The third-order valence-corrected chi connectivity index (χ3v) is 6.70. The number of para-hydroxylation sites is 1. The van der Waals surface area contributed by atoms with Gasteiger partial charge in [0.1, 0.15) is 11.6 Å². The molecule has 0 saturated carbocycles. The number of hydrogen-bond donors (Lipinski definition) is 1. The number of halogens is 2. The molecule has 0 fully saturated rings. The van der Waals surface area contributed by atoms with E-state index in [2.05, 4.69) is 30.9 Å². The van der Waals surface area contributed by atoms with Crippen LogP contribution in [0, 0.1) is 18.6 Å². The quantitative estimate of drug-likeness (QED) is 0.254. The molecule has 4 aromatic carbocycles. The molecule has 0 aliphatic rings. The highest BCUT2D eigenvalue weighted by atomic mass is 19.1. The maximum atomic E-state index is 14.1. The van der Waals surface area contributed by atoms with Gasteiger partial charge in [-0.1, -0.05) is 62.4 Å². The Morgan fingerprint density at radius 3 is 1.97 bits per heavy atom. The van der Waals surface area contributed by atoms with E-state index in [1.165, 1.54) is 12.1 Å². The third-order valence-electron chi connectivity index (χ3n) is 6.70. The van der Waals surface area contributed by atoms with Crippen LogP contribution in [0.3, 0.4) is 0 Å². The van der Waals surface area contributed by atoms with Crippen molar-refractivity contribution in [1.82, 2.24) is 0 Å². The number of carbonyl (C=O) groups is 1. The van der Waals surface area contributed by atoms with Crippen molar-refractivity contribution in [1.29, 1.82) is 0 Å². The lowest BCUT2D eigenvalue weighted by Crippen LogP contribution is -2.25. The van der Waals surface area contributed by atoms with Crippen LogP contribution in [0.4, 0.5) is 14.5 Å². The Labute approximate surface area is 217 Å². The van der Waals surface area contributed by atoms with Gasteiger partial charge < -0.3 is 10.0 Å². The molecule has 1 N–H and O–H groups in total. The first-order chi connectivity index (χ1) is 17.8. The molecule has 3 nitrogen and oxygen atoms in total. The van der Waals surface area contributed by atoms with Gasteiger partial charge in [0.05, 0.1) is 5.56 Å². The molecule has 0 spiro atoms. The zero-order chi connectivity index (χ0) is 26.5. The van der Waals surface area contributed by atoms with E-state index in [0.717, 1.165) is 52.4 Å². The molecule has 4 aromatic rings. The molecule has 0 aliphatic carbocycles. The molecule has 37 heavy (non-hydrogen) atoms. The number of benzene rings is 4. The summed E-state index contributed by atoms with van der Waals surface area (Å²) in [5, 5.41) is 9.87. The van der Waals surface area contributed by atoms with Gasteiger partial charge in [-0.15, -0.1) is 0 Å². The maximum absolute atomic E-state index is 14.1. The summed E-state index contributed by atoms with van der Waals surface area (Å²) in [5.74, 6) is -2.20. The maximum Gasteiger partial charge on any atom is 0.336 e. The average Bonchev–Trinajstić information content (AvgIpc) is 2.87. The van der Waals surface area contributed by atoms with E-state index < -0.39 is 17.6 Å². The van der Waals surface area contributed by atoms with Crippen molar-refractivity contribution in [3.8, 4) is 11.1 Å². The smallest absolute Gasteiger partial charge is 0.336 e. The highest BCUT2D eigenvalue weighted by Gasteiger charge is 2.19. The summed E-state index contributed by atoms with van der Waals surface area (Å²) in [7, 11) is 0. The molecule has 4 rings (SSSR count). The Morgan fingerprint density at radius 2 is 1.38 bits per heavy atom. The molecule has 0 aromatic heterocycles. The summed E-state index contributed by atoms with van der Waals surface area (Å²) < 4.78 is 28.2. The zero-order valence-electron chi connectivity index (χ0n) is 21.4. The van der Waals surface area contributed by atoms with Crippen LogP contribution in [0.25, 0.3) is 11.1 Å². The van der Waals surface area contributed by atoms with E-state index in [4.69, 9.17) is 0 Å². The average molecular weight is 500 g/mol. The first-order valence-corrected chi connectivity index (χ1v) is 12.5. The fourth-order valence-electron chi connectivity index (χ4n) is 4.95. The van der Waals surface area contributed by atoms with E-state index in [0.29, 0.717) is 24.2 Å². The Balaban J connectivity index is 1.84. The third kappa shape index (κ3) is 5.88. The van der Waals surface area contributed by atoms with Crippen molar-refractivity contribution >= 4 is 11.7 Å². The number of aryl methyl sites for hydroxylation is 3. The van der Waals surface area contributed by atoms with Crippen molar-refractivity contribution in [3.05, 3.63) is 124 Å². The Bertz CT molecular complexity index is 1390. The minimum atomic E-state index is -0.985. The highest BCUT2D eigenvalue weighted by Crippen LogP contribution is 2.33. The van der Waals surface area contributed by atoms with Gasteiger partial charge in [0.15, 0.2) is 0 Å². The minimum absolute atomic E-state index is 0.236.